The molecule has 21 heavy (non-hydrogen) atoms. The molecule has 3 rings (SSSR count). The highest BCUT2D eigenvalue weighted by molar-refractivity contribution is 5.83. The summed E-state index contributed by atoms with van der Waals surface area (Å²) in [5, 5.41) is 19.8. The molecule has 0 aliphatic carbocycles. The van der Waals surface area contributed by atoms with Gasteiger partial charge in [-0.15, -0.1) is 6.42 Å². The Bertz CT molecular complexity index is 723. The number of nitrogen functional groups attached to an aromatic ring is 1. The van der Waals surface area contributed by atoms with Gasteiger partial charge in [-0.1, -0.05) is 12.8 Å². The summed E-state index contributed by atoms with van der Waals surface area (Å²) in [7, 11) is 0. The summed E-state index contributed by atoms with van der Waals surface area (Å²) in [6.07, 6.45) is 6.98. The van der Waals surface area contributed by atoms with E-state index in [9.17, 15) is 10.2 Å². The minimum absolute atomic E-state index is 0.339. The Morgan fingerprint density at radius 2 is 2.33 bits per heavy atom. The van der Waals surface area contributed by atoms with E-state index in [1.54, 1.807) is 30.1 Å². The maximum absolute atomic E-state index is 10.3. The normalized spacial score (nSPS) is 32.4. The van der Waals surface area contributed by atoms with Crippen molar-refractivity contribution in [1.82, 2.24) is 14.5 Å². The molecule has 1 aliphatic heterocycles. The predicted molar refractivity (Wildman–Crippen MR) is 75.9 cm³/mol. The summed E-state index contributed by atoms with van der Waals surface area (Å²) in [6.45, 7) is 1.33. The molecule has 110 valence electrons. The summed E-state index contributed by atoms with van der Waals surface area (Å²) in [5.41, 5.74) is 6.06. The molecule has 1 aliphatic rings. The third-order valence-corrected chi connectivity index (χ3v) is 4.00. The molecule has 1 fully saturated rings. The predicted octanol–water partition coefficient (Wildman–Crippen LogP) is -0.0964. The van der Waals surface area contributed by atoms with Gasteiger partial charge in [0.25, 0.3) is 0 Å². The van der Waals surface area contributed by atoms with Gasteiger partial charge >= 0.3 is 0 Å². The van der Waals surface area contributed by atoms with Gasteiger partial charge in [-0.25, -0.2) is 9.97 Å². The molecule has 0 saturated carbocycles. The van der Waals surface area contributed by atoms with Crippen molar-refractivity contribution in [3.63, 3.8) is 0 Å². The Labute approximate surface area is 121 Å². The van der Waals surface area contributed by atoms with E-state index in [0.717, 1.165) is 0 Å². The van der Waals surface area contributed by atoms with Crippen molar-refractivity contribution < 1.29 is 14.9 Å². The first kappa shape index (κ1) is 13.8. The van der Waals surface area contributed by atoms with Crippen LogP contribution in [0.1, 0.15) is 13.2 Å². The Kier molecular flexibility index (Phi) is 3.10. The molecule has 2 aromatic rings. The zero-order valence-corrected chi connectivity index (χ0v) is 11.5. The first-order valence-corrected chi connectivity index (χ1v) is 6.55. The minimum atomic E-state index is -1.42. The number of ether oxygens (including phenoxy) is 1. The van der Waals surface area contributed by atoms with Crippen LogP contribution in [0.15, 0.2) is 18.6 Å². The van der Waals surface area contributed by atoms with E-state index < -0.39 is 24.5 Å². The van der Waals surface area contributed by atoms with E-state index in [1.807, 2.05) is 0 Å². The van der Waals surface area contributed by atoms with Gasteiger partial charge < -0.3 is 20.7 Å². The number of hydrogen-bond donors (Lipinski definition) is 3. The molecule has 4 atom stereocenters. The molecular weight excluding hydrogens is 272 g/mol. The summed E-state index contributed by atoms with van der Waals surface area (Å²) in [4.78, 5) is 8.47. The fourth-order valence-electron chi connectivity index (χ4n) is 2.72. The summed E-state index contributed by atoms with van der Waals surface area (Å²) in [5.74, 6) is 2.02. The van der Waals surface area contributed by atoms with Gasteiger partial charge in [0.2, 0.25) is 0 Å². The lowest BCUT2D eigenvalue weighted by Gasteiger charge is -2.23. The number of rotatable bonds is 2. The number of aromatic nitrogens is 3. The third-order valence-electron chi connectivity index (χ3n) is 4.00. The first-order chi connectivity index (χ1) is 10.0. The van der Waals surface area contributed by atoms with Crippen molar-refractivity contribution in [3.05, 3.63) is 18.6 Å². The summed E-state index contributed by atoms with van der Waals surface area (Å²) >= 11 is 0. The van der Waals surface area contributed by atoms with Crippen molar-refractivity contribution in [3.8, 4) is 12.3 Å². The van der Waals surface area contributed by atoms with Gasteiger partial charge in [0.15, 0.2) is 11.2 Å². The van der Waals surface area contributed by atoms with Crippen LogP contribution in [0.2, 0.25) is 0 Å². The number of hydrogen-bond acceptors (Lipinski definition) is 6. The highest BCUT2D eigenvalue weighted by Crippen LogP contribution is 2.41. The van der Waals surface area contributed by atoms with E-state index in [2.05, 4.69) is 15.9 Å². The molecule has 4 N–H and O–H groups in total. The van der Waals surface area contributed by atoms with Crippen molar-refractivity contribution >= 4 is 16.9 Å². The van der Waals surface area contributed by atoms with Crippen molar-refractivity contribution in [1.29, 1.82) is 0 Å². The molecule has 0 amide bonds. The second-order valence-electron chi connectivity index (χ2n) is 5.23. The maximum Gasteiger partial charge on any atom is 0.179 e. The number of imidazole rings is 1. The largest absolute Gasteiger partial charge is 0.397 e. The number of terminal acetylenes is 1. The number of aliphatic hydroxyl groups is 2. The molecule has 0 bridgehead atoms. The molecule has 7 heteroatoms. The molecule has 0 aromatic carbocycles. The Morgan fingerprint density at radius 3 is 2.95 bits per heavy atom. The Balaban J connectivity index is 2.08. The number of aliphatic hydroxyl groups excluding tert-OH is 2. The first-order valence-electron chi connectivity index (χ1n) is 6.55. The van der Waals surface area contributed by atoms with Crippen LogP contribution in [0.5, 0.6) is 0 Å². The second-order valence-corrected chi connectivity index (χ2v) is 5.23. The number of nitrogens with zero attached hydrogens (tertiary/aromatic N) is 3. The number of nitrogens with two attached hydrogens (primary N) is 1. The molecule has 3 heterocycles. The summed E-state index contributed by atoms with van der Waals surface area (Å²) in [6, 6.07) is 1.66. The average molecular weight is 288 g/mol. The molecule has 1 saturated heterocycles. The highest BCUT2D eigenvalue weighted by Gasteiger charge is 2.52. The lowest BCUT2D eigenvalue weighted by atomic mass is 9.92. The Hall–Kier alpha value is -2.14. The van der Waals surface area contributed by atoms with Crippen LogP contribution in [0.25, 0.3) is 11.2 Å². The van der Waals surface area contributed by atoms with Gasteiger partial charge in [-0.05, 0) is 6.07 Å². The molecular formula is C14H16N4O3. The van der Waals surface area contributed by atoms with Crippen LogP contribution >= 0.6 is 0 Å². The van der Waals surface area contributed by atoms with E-state index in [0.29, 0.717) is 16.9 Å². The molecule has 0 radical (unpaired) electrons. The number of anilines is 1. The van der Waals surface area contributed by atoms with Crippen molar-refractivity contribution in [2.75, 3.05) is 12.3 Å². The SMILES string of the molecule is C#C[C@]1(CO)O[C@@H](n2cnc3c(N)ccnc32)[C@@H](C)[C@@H]1O. The van der Waals surface area contributed by atoms with Crippen LogP contribution < -0.4 is 5.73 Å². The topological polar surface area (TPSA) is 106 Å². The van der Waals surface area contributed by atoms with E-state index >= 15 is 0 Å². The highest BCUT2D eigenvalue weighted by atomic mass is 16.6. The second kappa shape index (κ2) is 4.70. The van der Waals surface area contributed by atoms with Crippen molar-refractivity contribution in [2.45, 2.75) is 24.9 Å². The fourth-order valence-corrected chi connectivity index (χ4v) is 2.72. The lowest BCUT2D eigenvalue weighted by molar-refractivity contribution is -0.0896. The molecule has 7 nitrogen and oxygen atoms in total. The number of pyridine rings is 1. The molecule has 0 spiro atoms. The minimum Gasteiger partial charge on any atom is -0.397 e. The van der Waals surface area contributed by atoms with Crippen LogP contribution in [0.4, 0.5) is 5.69 Å². The van der Waals surface area contributed by atoms with Crippen LogP contribution in [-0.4, -0.2) is 43.1 Å². The van der Waals surface area contributed by atoms with Gasteiger partial charge in [0, 0.05) is 12.1 Å². The third kappa shape index (κ3) is 1.81. The standard InChI is InChI=1S/C14H16N4O3/c1-3-14(6-19)11(20)8(2)13(21-14)18-7-17-10-9(15)4-5-16-12(10)18/h1,4-5,7-8,11,13,19-20H,6H2,2H3,(H2,15,16)/t8-,11-,13+,14+/m0/s1. The van der Waals surface area contributed by atoms with E-state index in [-0.39, 0.29) is 5.92 Å². The monoisotopic (exact) mass is 288 g/mol. The fraction of sp³-hybridized carbons (Fsp3) is 0.429. The average Bonchev–Trinajstić information content (AvgIpc) is 3.02. The van der Waals surface area contributed by atoms with Crippen molar-refractivity contribution in [2.24, 2.45) is 5.92 Å². The summed E-state index contributed by atoms with van der Waals surface area (Å²) < 4.78 is 7.45. The van der Waals surface area contributed by atoms with Gasteiger partial charge in [-0.3, -0.25) is 4.57 Å². The van der Waals surface area contributed by atoms with Crippen LogP contribution in [-0.2, 0) is 4.74 Å². The Morgan fingerprint density at radius 1 is 1.57 bits per heavy atom. The number of fused-ring (bicyclic) bond motifs is 1. The van der Waals surface area contributed by atoms with E-state index in [1.165, 1.54) is 0 Å². The zero-order valence-electron chi connectivity index (χ0n) is 11.5. The molecule has 2 aromatic heterocycles. The molecule has 0 unspecified atom stereocenters. The maximum atomic E-state index is 10.3. The smallest absolute Gasteiger partial charge is 0.179 e. The van der Waals surface area contributed by atoms with Crippen LogP contribution in [0.3, 0.4) is 0 Å². The van der Waals surface area contributed by atoms with Crippen LogP contribution in [0, 0.1) is 18.3 Å². The lowest BCUT2D eigenvalue weighted by Crippen LogP contribution is -2.43. The zero-order chi connectivity index (χ0) is 15.2. The van der Waals surface area contributed by atoms with Gasteiger partial charge in [-0.2, -0.15) is 0 Å². The van der Waals surface area contributed by atoms with Gasteiger partial charge in [0.1, 0.15) is 17.8 Å². The quantitative estimate of drug-likeness (QED) is 0.666. The van der Waals surface area contributed by atoms with E-state index in [4.69, 9.17) is 16.9 Å². The van der Waals surface area contributed by atoms with Gasteiger partial charge in [0.05, 0.1) is 18.6 Å².